The van der Waals surface area contributed by atoms with E-state index in [4.69, 9.17) is 14.2 Å². The van der Waals surface area contributed by atoms with Gasteiger partial charge in [-0.25, -0.2) is 9.18 Å². The minimum atomic E-state index is -0.687. The summed E-state index contributed by atoms with van der Waals surface area (Å²) in [6.45, 7) is 0.603. The van der Waals surface area contributed by atoms with Gasteiger partial charge in [-0.2, -0.15) is 0 Å². The molecule has 19 heavy (non-hydrogen) atoms. The Morgan fingerprint density at radius 3 is 2.79 bits per heavy atom. The van der Waals surface area contributed by atoms with Crippen LogP contribution in [-0.4, -0.2) is 33.1 Å². The van der Waals surface area contributed by atoms with E-state index >= 15 is 0 Å². The molecule has 104 valence electrons. The first kappa shape index (κ1) is 13.6. The topological polar surface area (TPSA) is 54.0 Å². The number of carbonyl (C=O) groups is 1. The van der Waals surface area contributed by atoms with Crippen LogP contribution in [0.15, 0.2) is 12.1 Å². The molecule has 1 saturated heterocycles. The van der Waals surface area contributed by atoms with Crippen LogP contribution in [0.4, 0.5) is 4.39 Å². The van der Waals surface area contributed by atoms with Gasteiger partial charge in [0.1, 0.15) is 11.4 Å². The second kappa shape index (κ2) is 5.88. The number of esters is 1. The first-order valence-electron chi connectivity index (χ1n) is 5.90. The molecule has 0 aliphatic carbocycles. The van der Waals surface area contributed by atoms with Gasteiger partial charge in [0, 0.05) is 12.5 Å². The maximum Gasteiger partial charge on any atom is 0.341 e. The van der Waals surface area contributed by atoms with Gasteiger partial charge in [0.25, 0.3) is 0 Å². The van der Waals surface area contributed by atoms with Crippen LogP contribution in [0.2, 0.25) is 0 Å². The van der Waals surface area contributed by atoms with Gasteiger partial charge in [-0.1, -0.05) is 0 Å². The number of halogens is 1. The lowest BCUT2D eigenvalue weighted by Crippen LogP contribution is -2.16. The molecule has 0 amide bonds. The van der Waals surface area contributed by atoms with E-state index in [1.165, 1.54) is 14.2 Å². The summed E-state index contributed by atoms with van der Waals surface area (Å²) >= 11 is 0. The number of hydrogen-bond acceptors (Lipinski definition) is 5. The minimum absolute atomic E-state index is 0.0157. The molecule has 1 aromatic rings. The highest BCUT2D eigenvalue weighted by Gasteiger charge is 2.24. The minimum Gasteiger partial charge on any atom is -0.492 e. The van der Waals surface area contributed by atoms with Crippen molar-refractivity contribution < 1.29 is 28.1 Å². The average molecular weight is 270 g/mol. The maximum atomic E-state index is 13.5. The third-order valence-electron chi connectivity index (χ3n) is 2.78. The van der Waals surface area contributed by atoms with E-state index in [1.807, 2.05) is 0 Å². The van der Waals surface area contributed by atoms with Crippen LogP contribution in [0, 0.1) is 5.82 Å². The summed E-state index contributed by atoms with van der Waals surface area (Å²) in [5.41, 5.74) is -0.0157. The van der Waals surface area contributed by atoms with E-state index in [0.717, 1.165) is 18.6 Å². The normalized spacial score (nSPS) is 18.2. The number of hydrogen-bond donors (Lipinski definition) is 0. The number of benzene rings is 1. The molecule has 1 unspecified atom stereocenters. The van der Waals surface area contributed by atoms with E-state index in [-0.39, 0.29) is 17.1 Å². The molecule has 1 heterocycles. The molecular weight excluding hydrogens is 255 g/mol. The summed E-state index contributed by atoms with van der Waals surface area (Å²) in [5.74, 6) is -1.01. The molecule has 6 heteroatoms. The van der Waals surface area contributed by atoms with Gasteiger partial charge in [-0.05, 0) is 12.5 Å². The van der Waals surface area contributed by atoms with E-state index < -0.39 is 18.1 Å². The zero-order valence-electron chi connectivity index (χ0n) is 10.8. The summed E-state index contributed by atoms with van der Waals surface area (Å²) in [6.07, 6.45) is 1.15. The summed E-state index contributed by atoms with van der Waals surface area (Å²) in [5, 5.41) is 0. The molecule has 0 bridgehead atoms. The highest BCUT2D eigenvalue weighted by atomic mass is 19.1. The molecule has 0 aromatic heterocycles. The lowest BCUT2D eigenvalue weighted by molar-refractivity contribution is -0.0405. The van der Waals surface area contributed by atoms with Crippen molar-refractivity contribution in [2.45, 2.75) is 19.1 Å². The van der Waals surface area contributed by atoms with E-state index in [0.29, 0.717) is 13.0 Å². The second-order valence-corrected chi connectivity index (χ2v) is 4.04. The Morgan fingerprint density at radius 1 is 1.42 bits per heavy atom. The third-order valence-corrected chi connectivity index (χ3v) is 2.78. The van der Waals surface area contributed by atoms with Gasteiger partial charge >= 0.3 is 5.97 Å². The van der Waals surface area contributed by atoms with Crippen LogP contribution in [0.1, 0.15) is 23.2 Å². The van der Waals surface area contributed by atoms with Crippen LogP contribution < -0.4 is 9.47 Å². The van der Waals surface area contributed by atoms with Crippen molar-refractivity contribution in [2.75, 3.05) is 20.8 Å². The van der Waals surface area contributed by atoms with E-state index in [2.05, 4.69) is 4.74 Å². The lowest BCUT2D eigenvalue weighted by Gasteiger charge is -2.17. The summed E-state index contributed by atoms with van der Waals surface area (Å²) in [7, 11) is 2.59. The highest BCUT2D eigenvalue weighted by Crippen LogP contribution is 2.34. The second-order valence-electron chi connectivity index (χ2n) is 4.04. The molecule has 1 aromatic carbocycles. The van der Waals surface area contributed by atoms with Crippen molar-refractivity contribution in [1.82, 2.24) is 0 Å². The van der Waals surface area contributed by atoms with Crippen LogP contribution in [0.5, 0.6) is 11.5 Å². The van der Waals surface area contributed by atoms with Gasteiger partial charge < -0.3 is 18.9 Å². The summed E-state index contributed by atoms with van der Waals surface area (Å²) in [6, 6.07) is 2.21. The average Bonchev–Trinajstić information content (AvgIpc) is 2.90. The Kier molecular flexibility index (Phi) is 4.21. The van der Waals surface area contributed by atoms with Crippen LogP contribution >= 0.6 is 0 Å². The molecule has 0 saturated carbocycles. The fourth-order valence-corrected chi connectivity index (χ4v) is 1.91. The number of carbonyl (C=O) groups excluding carboxylic acids is 1. The predicted molar refractivity (Wildman–Crippen MR) is 63.9 cm³/mol. The predicted octanol–water partition coefficient (Wildman–Crippen LogP) is 2.14. The SMILES string of the molecule is COC(=O)c1cc(F)cc(OC2CCCO2)c1OC. The number of methoxy groups -OCH3 is 2. The van der Waals surface area contributed by atoms with Crippen molar-refractivity contribution in [3.63, 3.8) is 0 Å². The zero-order valence-corrected chi connectivity index (χ0v) is 10.8. The Balaban J connectivity index is 2.34. The van der Waals surface area contributed by atoms with Gasteiger partial charge in [0.2, 0.25) is 0 Å². The molecule has 0 spiro atoms. The summed E-state index contributed by atoms with van der Waals surface area (Å²) < 4.78 is 34.1. The summed E-state index contributed by atoms with van der Waals surface area (Å²) in [4.78, 5) is 11.6. The van der Waals surface area contributed by atoms with Crippen LogP contribution in [0.3, 0.4) is 0 Å². The Hall–Kier alpha value is -1.82. The van der Waals surface area contributed by atoms with Gasteiger partial charge in [-0.3, -0.25) is 0 Å². The lowest BCUT2D eigenvalue weighted by atomic mass is 10.1. The Labute approximate surface area is 110 Å². The van der Waals surface area contributed by atoms with E-state index in [9.17, 15) is 9.18 Å². The quantitative estimate of drug-likeness (QED) is 0.784. The smallest absolute Gasteiger partial charge is 0.341 e. The Bertz CT molecular complexity index is 468. The van der Waals surface area contributed by atoms with Crippen molar-refractivity contribution in [2.24, 2.45) is 0 Å². The molecule has 2 rings (SSSR count). The first-order valence-corrected chi connectivity index (χ1v) is 5.90. The largest absolute Gasteiger partial charge is 0.492 e. The molecule has 5 nitrogen and oxygen atoms in total. The molecule has 0 N–H and O–H groups in total. The molecule has 1 atom stereocenters. The first-order chi connectivity index (χ1) is 9.15. The fourth-order valence-electron chi connectivity index (χ4n) is 1.91. The molecule has 1 aliphatic rings. The van der Waals surface area contributed by atoms with Crippen molar-refractivity contribution >= 4 is 5.97 Å². The fraction of sp³-hybridized carbons (Fsp3) is 0.462. The van der Waals surface area contributed by atoms with Gasteiger partial charge in [-0.15, -0.1) is 0 Å². The standard InChI is InChI=1S/C13H15FO5/c1-16-12-9(13(15)17-2)6-8(14)7-10(12)19-11-4-3-5-18-11/h6-7,11H,3-5H2,1-2H3. The van der Waals surface area contributed by atoms with E-state index in [1.54, 1.807) is 0 Å². The zero-order chi connectivity index (χ0) is 13.8. The van der Waals surface area contributed by atoms with Crippen molar-refractivity contribution in [1.29, 1.82) is 0 Å². The van der Waals surface area contributed by atoms with Crippen LogP contribution in [0.25, 0.3) is 0 Å². The van der Waals surface area contributed by atoms with Gasteiger partial charge in [0.05, 0.1) is 20.8 Å². The van der Waals surface area contributed by atoms with Crippen molar-refractivity contribution in [3.8, 4) is 11.5 Å². The number of ether oxygens (including phenoxy) is 4. The van der Waals surface area contributed by atoms with Gasteiger partial charge in [0.15, 0.2) is 17.8 Å². The monoisotopic (exact) mass is 270 g/mol. The Morgan fingerprint density at radius 2 is 2.21 bits per heavy atom. The molecule has 1 fully saturated rings. The van der Waals surface area contributed by atoms with Crippen molar-refractivity contribution in [3.05, 3.63) is 23.5 Å². The molecular formula is C13H15FO5. The molecule has 0 radical (unpaired) electrons. The highest BCUT2D eigenvalue weighted by molar-refractivity contribution is 5.93. The third kappa shape index (κ3) is 2.96. The van der Waals surface area contributed by atoms with Crippen LogP contribution in [-0.2, 0) is 9.47 Å². The maximum absolute atomic E-state index is 13.5. The number of rotatable bonds is 4. The molecule has 1 aliphatic heterocycles.